The molecular formula is C24H28FN5OS. The number of halogens is 1. The standard InChI is InChI=1S/C24H28FN5OS/c1-16-6-3-4-8-21(16)30-23(19-7-5-13-26-14-19)28-29-24(30)32-15-22(31)27-17(2)18-9-11-20(25)12-10-18/h5,7,9-14,16-17,21H,3-4,6,8,15H2,1-2H3,(H,27,31)/t16-,17-,21+/m0/s1. The van der Waals surface area contributed by atoms with Crippen LogP contribution in [0.4, 0.5) is 4.39 Å². The highest BCUT2D eigenvalue weighted by Crippen LogP contribution is 2.38. The van der Waals surface area contributed by atoms with Gasteiger partial charge in [0.15, 0.2) is 11.0 Å². The summed E-state index contributed by atoms with van der Waals surface area (Å²) in [5.74, 6) is 1.17. The number of carbonyl (C=O) groups is 1. The topological polar surface area (TPSA) is 72.7 Å². The van der Waals surface area contributed by atoms with E-state index in [2.05, 4.69) is 32.0 Å². The molecule has 0 spiro atoms. The van der Waals surface area contributed by atoms with E-state index in [4.69, 9.17) is 0 Å². The second-order valence-electron chi connectivity index (χ2n) is 8.38. The van der Waals surface area contributed by atoms with E-state index in [0.29, 0.717) is 12.0 Å². The zero-order valence-corrected chi connectivity index (χ0v) is 19.2. The Balaban J connectivity index is 1.50. The summed E-state index contributed by atoms with van der Waals surface area (Å²) in [4.78, 5) is 16.9. The molecule has 1 N–H and O–H groups in total. The fraction of sp³-hybridized carbons (Fsp3) is 0.417. The molecule has 2 aromatic heterocycles. The number of pyridine rings is 1. The minimum atomic E-state index is -0.288. The second-order valence-corrected chi connectivity index (χ2v) is 9.32. The molecule has 0 bridgehead atoms. The molecule has 0 saturated heterocycles. The molecule has 4 rings (SSSR count). The van der Waals surface area contributed by atoms with Crippen molar-refractivity contribution in [2.45, 2.75) is 56.8 Å². The van der Waals surface area contributed by atoms with Crippen LogP contribution in [0.2, 0.25) is 0 Å². The van der Waals surface area contributed by atoms with Crippen LogP contribution in [0, 0.1) is 11.7 Å². The van der Waals surface area contributed by atoms with Crippen molar-refractivity contribution >= 4 is 17.7 Å². The summed E-state index contributed by atoms with van der Waals surface area (Å²) in [5.41, 5.74) is 1.79. The van der Waals surface area contributed by atoms with Crippen LogP contribution in [0.5, 0.6) is 0 Å². The zero-order valence-electron chi connectivity index (χ0n) is 18.4. The van der Waals surface area contributed by atoms with Gasteiger partial charge in [-0.2, -0.15) is 0 Å². The van der Waals surface area contributed by atoms with Crippen molar-refractivity contribution in [1.29, 1.82) is 0 Å². The quantitative estimate of drug-likeness (QED) is 0.498. The van der Waals surface area contributed by atoms with Crippen molar-refractivity contribution in [3.63, 3.8) is 0 Å². The molecule has 32 heavy (non-hydrogen) atoms. The van der Waals surface area contributed by atoms with Crippen molar-refractivity contribution in [3.05, 3.63) is 60.2 Å². The van der Waals surface area contributed by atoms with Crippen LogP contribution >= 0.6 is 11.8 Å². The van der Waals surface area contributed by atoms with E-state index in [1.54, 1.807) is 24.5 Å². The Kier molecular flexibility index (Phi) is 7.19. The third-order valence-electron chi connectivity index (χ3n) is 6.06. The normalized spacial score (nSPS) is 19.5. The Labute approximate surface area is 192 Å². The van der Waals surface area contributed by atoms with Gasteiger partial charge in [0.2, 0.25) is 5.91 Å². The van der Waals surface area contributed by atoms with Crippen molar-refractivity contribution < 1.29 is 9.18 Å². The average Bonchev–Trinajstić information content (AvgIpc) is 3.23. The van der Waals surface area contributed by atoms with E-state index in [1.165, 1.54) is 43.2 Å². The van der Waals surface area contributed by atoms with Gasteiger partial charge >= 0.3 is 0 Å². The molecule has 0 unspecified atom stereocenters. The maximum Gasteiger partial charge on any atom is 0.230 e. The van der Waals surface area contributed by atoms with Crippen molar-refractivity contribution in [2.24, 2.45) is 5.92 Å². The summed E-state index contributed by atoms with van der Waals surface area (Å²) < 4.78 is 15.4. The Morgan fingerprint density at radius 3 is 2.72 bits per heavy atom. The molecule has 6 nitrogen and oxygen atoms in total. The number of amides is 1. The van der Waals surface area contributed by atoms with Gasteiger partial charge in [0, 0.05) is 24.0 Å². The summed E-state index contributed by atoms with van der Waals surface area (Å²) in [6, 6.07) is 10.2. The number of hydrogen-bond donors (Lipinski definition) is 1. The molecular weight excluding hydrogens is 425 g/mol. The molecule has 0 radical (unpaired) electrons. The molecule has 2 heterocycles. The van der Waals surface area contributed by atoms with Crippen LogP contribution in [0.25, 0.3) is 11.4 Å². The van der Waals surface area contributed by atoms with E-state index in [1.807, 2.05) is 19.1 Å². The van der Waals surface area contributed by atoms with Gasteiger partial charge in [0.25, 0.3) is 0 Å². The first-order chi connectivity index (χ1) is 15.5. The molecule has 168 valence electrons. The molecule has 1 saturated carbocycles. The Hall–Kier alpha value is -2.74. The van der Waals surface area contributed by atoms with Crippen LogP contribution < -0.4 is 5.32 Å². The van der Waals surface area contributed by atoms with Gasteiger partial charge in [-0.05, 0) is 55.5 Å². The molecule has 3 aromatic rings. The monoisotopic (exact) mass is 453 g/mol. The lowest BCUT2D eigenvalue weighted by atomic mass is 9.85. The summed E-state index contributed by atoms with van der Waals surface area (Å²) in [6.45, 7) is 4.17. The van der Waals surface area contributed by atoms with Crippen LogP contribution in [0.3, 0.4) is 0 Å². The number of carbonyl (C=O) groups excluding carboxylic acids is 1. The van der Waals surface area contributed by atoms with Crippen molar-refractivity contribution in [1.82, 2.24) is 25.1 Å². The Bertz CT molecular complexity index is 1040. The fourth-order valence-electron chi connectivity index (χ4n) is 4.29. The number of aromatic nitrogens is 4. The van der Waals surface area contributed by atoms with Gasteiger partial charge in [0.1, 0.15) is 5.82 Å². The highest BCUT2D eigenvalue weighted by molar-refractivity contribution is 7.99. The lowest BCUT2D eigenvalue weighted by molar-refractivity contribution is -0.119. The van der Waals surface area contributed by atoms with E-state index in [0.717, 1.165) is 28.5 Å². The summed E-state index contributed by atoms with van der Waals surface area (Å²) in [7, 11) is 0. The van der Waals surface area contributed by atoms with Crippen molar-refractivity contribution in [2.75, 3.05) is 5.75 Å². The molecule has 1 aliphatic rings. The molecule has 1 aromatic carbocycles. The second kappa shape index (κ2) is 10.3. The van der Waals surface area contributed by atoms with E-state index < -0.39 is 0 Å². The molecule has 1 fully saturated rings. The highest BCUT2D eigenvalue weighted by atomic mass is 32.2. The summed E-state index contributed by atoms with van der Waals surface area (Å²) in [6.07, 6.45) is 8.23. The van der Waals surface area contributed by atoms with Crippen molar-refractivity contribution in [3.8, 4) is 11.4 Å². The molecule has 3 atom stereocenters. The molecule has 1 amide bonds. The number of hydrogen-bond acceptors (Lipinski definition) is 5. The molecule has 8 heteroatoms. The van der Waals surface area contributed by atoms with Gasteiger partial charge in [-0.3, -0.25) is 14.3 Å². The maximum atomic E-state index is 13.2. The first kappa shape index (κ1) is 22.5. The minimum Gasteiger partial charge on any atom is -0.349 e. The maximum absolute atomic E-state index is 13.2. The predicted molar refractivity (Wildman–Crippen MR) is 124 cm³/mol. The SMILES string of the molecule is C[C@H](NC(=O)CSc1nnc(-c2cccnc2)n1[C@@H]1CCCC[C@@H]1C)c1ccc(F)cc1. The lowest BCUT2D eigenvalue weighted by Crippen LogP contribution is -2.28. The number of benzene rings is 1. The number of nitrogens with zero attached hydrogens (tertiary/aromatic N) is 4. The fourth-order valence-corrected chi connectivity index (χ4v) is 5.10. The smallest absolute Gasteiger partial charge is 0.230 e. The van der Waals surface area contributed by atoms with E-state index in [9.17, 15) is 9.18 Å². The minimum absolute atomic E-state index is 0.0963. The number of rotatable bonds is 7. The van der Waals surface area contributed by atoms with Crippen LogP contribution in [-0.4, -0.2) is 31.4 Å². The van der Waals surface area contributed by atoms with E-state index >= 15 is 0 Å². The third kappa shape index (κ3) is 5.18. The highest BCUT2D eigenvalue weighted by Gasteiger charge is 2.29. The van der Waals surface area contributed by atoms with Gasteiger partial charge in [-0.25, -0.2) is 4.39 Å². The van der Waals surface area contributed by atoms with Gasteiger partial charge in [-0.1, -0.05) is 43.7 Å². The molecule has 0 aliphatic heterocycles. The van der Waals surface area contributed by atoms with Crippen LogP contribution in [0.15, 0.2) is 53.9 Å². The number of thioether (sulfide) groups is 1. The third-order valence-corrected chi connectivity index (χ3v) is 7.01. The molecule has 1 aliphatic carbocycles. The largest absolute Gasteiger partial charge is 0.349 e. The van der Waals surface area contributed by atoms with Gasteiger partial charge in [0.05, 0.1) is 11.8 Å². The zero-order chi connectivity index (χ0) is 22.5. The van der Waals surface area contributed by atoms with Crippen LogP contribution in [0.1, 0.15) is 57.2 Å². The Morgan fingerprint density at radius 1 is 1.22 bits per heavy atom. The summed E-state index contributed by atoms with van der Waals surface area (Å²) >= 11 is 1.40. The van der Waals surface area contributed by atoms with Gasteiger partial charge < -0.3 is 5.32 Å². The lowest BCUT2D eigenvalue weighted by Gasteiger charge is -2.31. The van der Waals surface area contributed by atoms with E-state index in [-0.39, 0.29) is 23.5 Å². The average molecular weight is 454 g/mol. The Morgan fingerprint density at radius 2 is 2.00 bits per heavy atom. The summed E-state index contributed by atoms with van der Waals surface area (Å²) in [5, 5.41) is 12.7. The first-order valence-corrected chi connectivity index (χ1v) is 12.0. The van der Waals surface area contributed by atoms with Crippen LogP contribution in [-0.2, 0) is 4.79 Å². The van der Waals surface area contributed by atoms with Gasteiger partial charge in [-0.15, -0.1) is 10.2 Å². The number of nitrogens with one attached hydrogen (secondary N) is 1. The first-order valence-electron chi connectivity index (χ1n) is 11.1. The predicted octanol–water partition coefficient (Wildman–Crippen LogP) is 5.20.